The van der Waals surface area contributed by atoms with E-state index in [4.69, 9.17) is 0 Å². The molecule has 0 aliphatic rings. The van der Waals surface area contributed by atoms with E-state index in [1.165, 1.54) is 64.2 Å². The third-order valence-electron chi connectivity index (χ3n) is 3.74. The van der Waals surface area contributed by atoms with Gasteiger partial charge in [0.1, 0.15) is 0 Å². The van der Waals surface area contributed by atoms with E-state index in [-0.39, 0.29) is 0 Å². The summed E-state index contributed by atoms with van der Waals surface area (Å²) in [7, 11) is 0. The van der Waals surface area contributed by atoms with Crippen LogP contribution in [0, 0.1) is 5.92 Å². The number of hydrogen-bond donors (Lipinski definition) is 1. The summed E-state index contributed by atoms with van der Waals surface area (Å²) in [4.78, 5) is 0. The highest BCUT2D eigenvalue weighted by Crippen LogP contribution is 2.14. The molecular formula is C17H37N. The van der Waals surface area contributed by atoms with Gasteiger partial charge < -0.3 is 5.32 Å². The number of unbranched alkanes of at least 4 members (excludes halogenated alkanes) is 6. The summed E-state index contributed by atoms with van der Waals surface area (Å²) in [6, 6.07) is 0.771. The monoisotopic (exact) mass is 255 g/mol. The van der Waals surface area contributed by atoms with Gasteiger partial charge in [-0.1, -0.05) is 72.6 Å². The van der Waals surface area contributed by atoms with Crippen LogP contribution in [0.5, 0.6) is 0 Å². The van der Waals surface area contributed by atoms with Crippen molar-refractivity contribution < 1.29 is 0 Å². The summed E-state index contributed by atoms with van der Waals surface area (Å²) < 4.78 is 0. The highest BCUT2D eigenvalue weighted by atomic mass is 14.9. The van der Waals surface area contributed by atoms with Crippen LogP contribution in [0.4, 0.5) is 0 Å². The Morgan fingerprint density at radius 1 is 0.722 bits per heavy atom. The predicted molar refractivity (Wildman–Crippen MR) is 84.1 cm³/mol. The molecule has 1 heteroatoms. The van der Waals surface area contributed by atoms with E-state index in [0.717, 1.165) is 18.5 Å². The van der Waals surface area contributed by atoms with E-state index in [2.05, 4.69) is 33.0 Å². The summed E-state index contributed by atoms with van der Waals surface area (Å²) in [6.07, 6.45) is 14.1. The van der Waals surface area contributed by atoms with E-state index in [0.29, 0.717) is 0 Å². The fourth-order valence-corrected chi connectivity index (χ4v) is 2.52. The molecule has 110 valence electrons. The van der Waals surface area contributed by atoms with Crippen LogP contribution < -0.4 is 5.32 Å². The third kappa shape index (κ3) is 12.4. The van der Waals surface area contributed by atoms with Crippen molar-refractivity contribution in [3.63, 3.8) is 0 Å². The quantitative estimate of drug-likeness (QED) is 0.426. The van der Waals surface area contributed by atoms with Gasteiger partial charge in [-0.15, -0.1) is 0 Å². The van der Waals surface area contributed by atoms with E-state index in [1.54, 1.807) is 0 Å². The smallest absolute Gasteiger partial charge is 0.00670 e. The molecule has 0 spiro atoms. The Labute approximate surface area is 116 Å². The fourth-order valence-electron chi connectivity index (χ4n) is 2.52. The average Bonchev–Trinajstić information content (AvgIpc) is 2.34. The summed E-state index contributed by atoms with van der Waals surface area (Å²) in [5.74, 6) is 0.847. The SMILES string of the molecule is CCCCCCCCCC(CCC(C)C)NCC. The van der Waals surface area contributed by atoms with E-state index >= 15 is 0 Å². The predicted octanol–water partition coefficient (Wildman–Crippen LogP) is 5.54. The van der Waals surface area contributed by atoms with Crippen molar-refractivity contribution in [2.75, 3.05) is 6.54 Å². The van der Waals surface area contributed by atoms with Gasteiger partial charge >= 0.3 is 0 Å². The van der Waals surface area contributed by atoms with Crippen molar-refractivity contribution in [1.82, 2.24) is 5.32 Å². The lowest BCUT2D eigenvalue weighted by molar-refractivity contribution is 0.402. The van der Waals surface area contributed by atoms with E-state index in [9.17, 15) is 0 Å². The Morgan fingerprint density at radius 3 is 1.89 bits per heavy atom. The van der Waals surface area contributed by atoms with E-state index in [1.807, 2.05) is 0 Å². The molecule has 0 saturated carbocycles. The molecule has 0 aromatic carbocycles. The molecule has 0 rings (SSSR count). The van der Waals surface area contributed by atoms with Crippen molar-refractivity contribution >= 4 is 0 Å². The maximum atomic E-state index is 3.65. The molecular weight excluding hydrogens is 218 g/mol. The van der Waals surface area contributed by atoms with Crippen LogP contribution in [-0.4, -0.2) is 12.6 Å². The van der Waals surface area contributed by atoms with Gasteiger partial charge in [0.15, 0.2) is 0 Å². The molecule has 0 bridgehead atoms. The molecule has 0 amide bonds. The van der Waals surface area contributed by atoms with Gasteiger partial charge in [0.2, 0.25) is 0 Å². The number of nitrogens with one attached hydrogen (secondary N) is 1. The zero-order valence-corrected chi connectivity index (χ0v) is 13.4. The van der Waals surface area contributed by atoms with Gasteiger partial charge in [-0.05, 0) is 31.7 Å². The van der Waals surface area contributed by atoms with E-state index < -0.39 is 0 Å². The first kappa shape index (κ1) is 18.0. The van der Waals surface area contributed by atoms with Crippen molar-refractivity contribution in [1.29, 1.82) is 0 Å². The van der Waals surface area contributed by atoms with Gasteiger partial charge in [-0.2, -0.15) is 0 Å². The average molecular weight is 255 g/mol. The molecule has 0 aromatic rings. The molecule has 1 unspecified atom stereocenters. The highest BCUT2D eigenvalue weighted by Gasteiger charge is 2.07. The van der Waals surface area contributed by atoms with Crippen molar-refractivity contribution in [2.24, 2.45) is 5.92 Å². The second-order valence-corrected chi connectivity index (χ2v) is 6.14. The lowest BCUT2D eigenvalue weighted by Gasteiger charge is -2.18. The molecule has 0 aromatic heterocycles. The first-order valence-corrected chi connectivity index (χ1v) is 8.44. The Hall–Kier alpha value is -0.0400. The molecule has 0 fully saturated rings. The Kier molecular flexibility index (Phi) is 13.4. The van der Waals surface area contributed by atoms with Gasteiger partial charge in [-0.25, -0.2) is 0 Å². The topological polar surface area (TPSA) is 12.0 Å². The third-order valence-corrected chi connectivity index (χ3v) is 3.74. The van der Waals surface area contributed by atoms with Crippen LogP contribution >= 0.6 is 0 Å². The lowest BCUT2D eigenvalue weighted by atomic mass is 9.98. The summed E-state index contributed by atoms with van der Waals surface area (Å²) >= 11 is 0. The minimum Gasteiger partial charge on any atom is -0.314 e. The molecule has 0 radical (unpaired) electrons. The normalized spacial score (nSPS) is 13.2. The van der Waals surface area contributed by atoms with Gasteiger partial charge in [0, 0.05) is 6.04 Å². The molecule has 1 nitrogen and oxygen atoms in total. The minimum absolute atomic E-state index is 0.771. The molecule has 18 heavy (non-hydrogen) atoms. The van der Waals surface area contributed by atoms with Gasteiger partial charge in [-0.3, -0.25) is 0 Å². The molecule has 0 saturated heterocycles. The number of hydrogen-bond acceptors (Lipinski definition) is 1. The largest absolute Gasteiger partial charge is 0.314 e. The molecule has 0 heterocycles. The second kappa shape index (κ2) is 13.4. The van der Waals surface area contributed by atoms with Crippen LogP contribution in [0.25, 0.3) is 0 Å². The summed E-state index contributed by atoms with van der Waals surface area (Å²) in [5, 5.41) is 3.65. The maximum absolute atomic E-state index is 3.65. The fraction of sp³-hybridized carbons (Fsp3) is 1.00. The first-order chi connectivity index (χ1) is 8.70. The standard InChI is InChI=1S/C17H37N/c1-5-7-8-9-10-11-12-13-17(18-6-2)15-14-16(3)4/h16-18H,5-15H2,1-4H3. The second-order valence-electron chi connectivity index (χ2n) is 6.14. The van der Waals surface area contributed by atoms with Crippen LogP contribution in [0.1, 0.15) is 91.9 Å². The molecule has 1 N–H and O–H groups in total. The Morgan fingerprint density at radius 2 is 1.33 bits per heavy atom. The van der Waals surface area contributed by atoms with Crippen LogP contribution in [0.3, 0.4) is 0 Å². The Balaban J connectivity index is 3.45. The summed E-state index contributed by atoms with van der Waals surface area (Å²) in [5.41, 5.74) is 0. The molecule has 1 atom stereocenters. The highest BCUT2D eigenvalue weighted by molar-refractivity contribution is 4.67. The zero-order chi connectivity index (χ0) is 13.6. The van der Waals surface area contributed by atoms with Crippen LogP contribution in [0.15, 0.2) is 0 Å². The van der Waals surface area contributed by atoms with Crippen molar-refractivity contribution in [2.45, 2.75) is 97.9 Å². The lowest BCUT2D eigenvalue weighted by Crippen LogP contribution is -2.29. The van der Waals surface area contributed by atoms with Crippen molar-refractivity contribution in [3.05, 3.63) is 0 Å². The van der Waals surface area contributed by atoms with Gasteiger partial charge in [0.25, 0.3) is 0 Å². The van der Waals surface area contributed by atoms with Crippen LogP contribution in [-0.2, 0) is 0 Å². The first-order valence-electron chi connectivity index (χ1n) is 8.44. The summed E-state index contributed by atoms with van der Waals surface area (Å²) in [6.45, 7) is 10.3. The Bertz CT molecular complexity index is 154. The molecule has 0 aliphatic heterocycles. The minimum atomic E-state index is 0.771. The zero-order valence-electron chi connectivity index (χ0n) is 13.4. The van der Waals surface area contributed by atoms with Crippen molar-refractivity contribution in [3.8, 4) is 0 Å². The van der Waals surface area contributed by atoms with Crippen LogP contribution in [0.2, 0.25) is 0 Å². The maximum Gasteiger partial charge on any atom is 0.00670 e. The number of rotatable bonds is 13. The van der Waals surface area contributed by atoms with Gasteiger partial charge in [0.05, 0.1) is 0 Å². The molecule has 0 aliphatic carbocycles.